The second-order valence-corrected chi connectivity index (χ2v) is 4.92. The summed E-state index contributed by atoms with van der Waals surface area (Å²) in [5.74, 6) is 0.960. The fourth-order valence-corrected chi connectivity index (χ4v) is 1.95. The molecule has 0 saturated carbocycles. The summed E-state index contributed by atoms with van der Waals surface area (Å²) in [6.45, 7) is 9.22. The maximum Gasteiger partial charge on any atom is 0.119 e. The van der Waals surface area contributed by atoms with Crippen molar-refractivity contribution in [3.05, 3.63) is 42.0 Å². The van der Waals surface area contributed by atoms with Crippen molar-refractivity contribution in [1.29, 1.82) is 0 Å². The fourth-order valence-electron chi connectivity index (χ4n) is 1.95. The first kappa shape index (κ1) is 15.8. The molecule has 19 heavy (non-hydrogen) atoms. The van der Waals surface area contributed by atoms with Crippen LogP contribution in [0.4, 0.5) is 0 Å². The van der Waals surface area contributed by atoms with E-state index in [1.807, 2.05) is 7.05 Å². The number of benzene rings is 1. The maximum atomic E-state index is 5.68. The molecule has 0 aliphatic carbocycles. The van der Waals surface area contributed by atoms with Crippen LogP contribution in [0.1, 0.15) is 51.1 Å². The Morgan fingerprint density at radius 2 is 1.95 bits per heavy atom. The molecule has 0 amide bonds. The molecule has 1 N–H and O–H groups in total. The molecule has 0 spiro atoms. The van der Waals surface area contributed by atoms with Crippen molar-refractivity contribution in [2.24, 2.45) is 0 Å². The Bertz CT molecular complexity index is 369. The van der Waals surface area contributed by atoms with E-state index < -0.39 is 0 Å². The normalized spacial score (nSPS) is 12.2. The lowest BCUT2D eigenvalue weighted by atomic mass is 9.98. The molecule has 2 nitrogen and oxygen atoms in total. The zero-order valence-electron chi connectivity index (χ0n) is 12.5. The Labute approximate surface area is 117 Å². The van der Waals surface area contributed by atoms with Crippen molar-refractivity contribution in [3.63, 3.8) is 0 Å². The molecule has 0 saturated heterocycles. The van der Waals surface area contributed by atoms with Crippen LogP contribution in [-0.4, -0.2) is 13.7 Å². The molecule has 0 aliphatic rings. The summed E-state index contributed by atoms with van der Waals surface area (Å²) in [5, 5.41) is 3.35. The molecule has 0 aromatic heterocycles. The van der Waals surface area contributed by atoms with E-state index in [9.17, 15) is 0 Å². The lowest BCUT2D eigenvalue weighted by molar-refractivity contribution is 0.309. The van der Waals surface area contributed by atoms with Crippen LogP contribution in [0.5, 0.6) is 5.75 Å². The highest BCUT2D eigenvalue weighted by atomic mass is 16.5. The van der Waals surface area contributed by atoms with Crippen molar-refractivity contribution in [1.82, 2.24) is 5.32 Å². The van der Waals surface area contributed by atoms with Gasteiger partial charge in [-0.3, -0.25) is 0 Å². The second-order valence-electron chi connectivity index (χ2n) is 4.92. The van der Waals surface area contributed by atoms with Gasteiger partial charge in [0.1, 0.15) is 5.75 Å². The first-order chi connectivity index (χ1) is 9.21. The van der Waals surface area contributed by atoms with Gasteiger partial charge in [-0.1, -0.05) is 44.6 Å². The summed E-state index contributed by atoms with van der Waals surface area (Å²) in [4.78, 5) is 0. The predicted molar refractivity (Wildman–Crippen MR) is 82.7 cm³/mol. The number of nitrogens with one attached hydrogen (secondary N) is 1. The lowest BCUT2D eigenvalue weighted by Gasteiger charge is -2.18. The summed E-state index contributed by atoms with van der Waals surface area (Å²) < 4.78 is 5.68. The molecule has 0 radical (unpaired) electrons. The van der Waals surface area contributed by atoms with Crippen molar-refractivity contribution in [2.45, 2.75) is 45.6 Å². The van der Waals surface area contributed by atoms with Crippen LogP contribution in [0.3, 0.4) is 0 Å². The molecule has 1 aromatic rings. The van der Waals surface area contributed by atoms with Crippen LogP contribution < -0.4 is 10.1 Å². The summed E-state index contributed by atoms with van der Waals surface area (Å²) in [7, 11) is 2.00. The Kier molecular flexibility index (Phi) is 7.27. The van der Waals surface area contributed by atoms with Crippen LogP contribution in [0, 0.1) is 0 Å². The van der Waals surface area contributed by atoms with Crippen LogP contribution in [0.25, 0.3) is 0 Å². The van der Waals surface area contributed by atoms with Gasteiger partial charge in [-0.05, 0) is 44.0 Å². The highest BCUT2D eigenvalue weighted by Crippen LogP contribution is 2.23. The molecule has 1 aromatic carbocycles. The number of hydrogen-bond donors (Lipinski definition) is 1. The average Bonchev–Trinajstić information content (AvgIpc) is 2.45. The summed E-state index contributed by atoms with van der Waals surface area (Å²) in [6.07, 6.45) is 4.30. The van der Waals surface area contributed by atoms with E-state index in [2.05, 4.69) is 50.0 Å². The van der Waals surface area contributed by atoms with Gasteiger partial charge in [0, 0.05) is 6.04 Å². The maximum absolute atomic E-state index is 5.68. The Morgan fingerprint density at radius 1 is 1.26 bits per heavy atom. The van der Waals surface area contributed by atoms with Crippen molar-refractivity contribution < 1.29 is 4.74 Å². The monoisotopic (exact) mass is 261 g/mol. The molecule has 1 atom stereocenters. The van der Waals surface area contributed by atoms with Gasteiger partial charge < -0.3 is 10.1 Å². The first-order valence-electron chi connectivity index (χ1n) is 7.27. The molecular weight excluding hydrogens is 234 g/mol. The quantitative estimate of drug-likeness (QED) is 0.522. The highest BCUT2D eigenvalue weighted by Gasteiger charge is 2.10. The predicted octanol–water partition coefficient (Wildman–Crippen LogP) is 4.48. The molecule has 0 aliphatic heterocycles. The summed E-state index contributed by atoms with van der Waals surface area (Å²) in [5.41, 5.74) is 2.57. The molecule has 0 bridgehead atoms. The highest BCUT2D eigenvalue weighted by molar-refractivity contribution is 5.29. The number of unbranched alkanes of at least 4 members (excludes halogenated alkanes) is 1. The smallest absolute Gasteiger partial charge is 0.119 e. The third kappa shape index (κ3) is 5.48. The van der Waals surface area contributed by atoms with Gasteiger partial charge in [-0.25, -0.2) is 0 Å². The molecule has 0 heterocycles. The van der Waals surface area contributed by atoms with Crippen molar-refractivity contribution in [2.75, 3.05) is 13.7 Å². The average molecular weight is 261 g/mol. The Morgan fingerprint density at radius 3 is 2.47 bits per heavy atom. The lowest BCUT2D eigenvalue weighted by Crippen LogP contribution is -2.16. The van der Waals surface area contributed by atoms with Gasteiger partial charge in [-0.15, -0.1) is 0 Å². The van der Waals surface area contributed by atoms with Crippen molar-refractivity contribution in [3.8, 4) is 5.75 Å². The zero-order valence-corrected chi connectivity index (χ0v) is 12.5. The fraction of sp³-hybridized carbons (Fsp3) is 0.529. The van der Waals surface area contributed by atoms with E-state index in [1.165, 1.54) is 17.6 Å². The van der Waals surface area contributed by atoms with E-state index in [-0.39, 0.29) is 0 Å². The van der Waals surface area contributed by atoms with Gasteiger partial charge in [-0.2, -0.15) is 0 Å². The van der Waals surface area contributed by atoms with E-state index in [0.717, 1.165) is 31.6 Å². The van der Waals surface area contributed by atoms with Crippen LogP contribution in [-0.2, 0) is 0 Å². The first-order valence-corrected chi connectivity index (χ1v) is 7.27. The number of hydrogen-bond acceptors (Lipinski definition) is 2. The largest absolute Gasteiger partial charge is 0.494 e. The third-order valence-corrected chi connectivity index (χ3v) is 3.39. The van der Waals surface area contributed by atoms with E-state index >= 15 is 0 Å². The van der Waals surface area contributed by atoms with Crippen molar-refractivity contribution >= 4 is 0 Å². The minimum atomic E-state index is 0.345. The van der Waals surface area contributed by atoms with Crippen LogP contribution >= 0.6 is 0 Å². The minimum absolute atomic E-state index is 0.345. The van der Waals surface area contributed by atoms with Gasteiger partial charge >= 0.3 is 0 Å². The Balaban J connectivity index is 2.59. The summed E-state index contributed by atoms with van der Waals surface area (Å²) in [6, 6.07) is 8.75. The van der Waals surface area contributed by atoms with E-state index in [1.54, 1.807) is 0 Å². The molecule has 2 heteroatoms. The van der Waals surface area contributed by atoms with Gasteiger partial charge in [0.15, 0.2) is 0 Å². The molecule has 1 unspecified atom stereocenters. The number of ether oxygens (including phenoxy) is 1. The van der Waals surface area contributed by atoms with Crippen LogP contribution in [0.2, 0.25) is 0 Å². The second kappa shape index (κ2) is 8.76. The van der Waals surface area contributed by atoms with E-state index in [0.29, 0.717) is 6.04 Å². The van der Waals surface area contributed by atoms with Gasteiger partial charge in [0.25, 0.3) is 0 Å². The minimum Gasteiger partial charge on any atom is -0.494 e. The summed E-state index contributed by atoms with van der Waals surface area (Å²) >= 11 is 0. The third-order valence-electron chi connectivity index (χ3n) is 3.39. The van der Waals surface area contributed by atoms with Crippen LogP contribution in [0.15, 0.2) is 36.4 Å². The standard InChI is InChI=1S/C17H27NO/c1-5-7-12-19-16-10-8-15(9-11-16)17(18-4)13-14(3)6-2/h8-11,17-18H,3,5-7,12-13H2,1-2,4H3. The molecule has 0 fully saturated rings. The van der Waals surface area contributed by atoms with E-state index in [4.69, 9.17) is 4.74 Å². The van der Waals surface area contributed by atoms with Gasteiger partial charge in [0.2, 0.25) is 0 Å². The zero-order chi connectivity index (χ0) is 14.1. The van der Waals surface area contributed by atoms with Gasteiger partial charge in [0.05, 0.1) is 6.61 Å². The Hall–Kier alpha value is -1.28. The number of rotatable bonds is 9. The molecule has 1 rings (SSSR count). The molecular formula is C17H27NO. The molecule has 106 valence electrons. The SMILES string of the molecule is C=C(CC)CC(NC)c1ccc(OCCCC)cc1. The topological polar surface area (TPSA) is 21.3 Å².